The molecule has 2 atom stereocenters. The van der Waals surface area contributed by atoms with Crippen LogP contribution in [0.2, 0.25) is 0 Å². The number of nitrogens with one attached hydrogen (secondary N) is 1. The maximum Gasteiger partial charge on any atom is 0.307 e. The average Bonchev–Trinajstić information content (AvgIpc) is 3.37. The zero-order chi connectivity index (χ0) is 17.1. The summed E-state index contributed by atoms with van der Waals surface area (Å²) in [6.45, 7) is 0.863. The van der Waals surface area contributed by atoms with E-state index in [-0.39, 0.29) is 11.5 Å². The molecule has 0 aliphatic heterocycles. The van der Waals surface area contributed by atoms with E-state index in [1.54, 1.807) is 16.8 Å². The van der Waals surface area contributed by atoms with Crippen molar-refractivity contribution in [2.24, 2.45) is 11.8 Å². The summed E-state index contributed by atoms with van der Waals surface area (Å²) in [5, 5.41) is 11.6. The van der Waals surface area contributed by atoms with Crippen molar-refractivity contribution in [1.29, 1.82) is 0 Å². The monoisotopic (exact) mass is 326 g/mol. The summed E-state index contributed by atoms with van der Waals surface area (Å²) in [7, 11) is 0. The number of carbonyl (C=O) groups is 2. The zero-order valence-corrected chi connectivity index (χ0v) is 13.0. The van der Waals surface area contributed by atoms with E-state index >= 15 is 0 Å². The first-order chi connectivity index (χ1) is 11.5. The van der Waals surface area contributed by atoms with Gasteiger partial charge >= 0.3 is 5.97 Å². The summed E-state index contributed by atoms with van der Waals surface area (Å²) in [6, 6.07) is 12.7. The molecule has 1 heterocycles. The van der Waals surface area contributed by atoms with E-state index in [0.717, 1.165) is 11.1 Å². The molecule has 6 nitrogen and oxygen atoms in total. The van der Waals surface area contributed by atoms with Crippen LogP contribution in [0.5, 0.6) is 0 Å². The van der Waals surface area contributed by atoms with Crippen molar-refractivity contribution in [3.63, 3.8) is 0 Å². The normalized spacial score (nSPS) is 18.8. The number of nitrogens with zero attached hydrogens (tertiary/aromatic N) is 1. The van der Waals surface area contributed by atoms with E-state index in [9.17, 15) is 14.4 Å². The van der Waals surface area contributed by atoms with Crippen molar-refractivity contribution in [3.8, 4) is 0 Å². The molecular weight excluding hydrogens is 308 g/mol. The van der Waals surface area contributed by atoms with Gasteiger partial charge in [0.1, 0.15) is 0 Å². The molecule has 2 aromatic rings. The zero-order valence-electron chi connectivity index (χ0n) is 13.0. The lowest BCUT2D eigenvalue weighted by atomic mass is 10.1. The summed E-state index contributed by atoms with van der Waals surface area (Å²) in [6.07, 6.45) is 2.16. The summed E-state index contributed by atoms with van der Waals surface area (Å²) < 4.78 is 1.62. The van der Waals surface area contributed by atoms with Crippen LogP contribution in [0.15, 0.2) is 53.5 Å². The topological polar surface area (TPSA) is 88.4 Å². The molecule has 1 aliphatic rings. The Balaban J connectivity index is 1.54. The molecule has 1 aromatic heterocycles. The van der Waals surface area contributed by atoms with E-state index in [2.05, 4.69) is 5.32 Å². The number of aromatic nitrogens is 1. The quantitative estimate of drug-likeness (QED) is 0.836. The lowest BCUT2D eigenvalue weighted by Crippen LogP contribution is -2.25. The van der Waals surface area contributed by atoms with Crippen molar-refractivity contribution in [2.75, 3.05) is 0 Å². The Bertz CT molecular complexity index is 810. The Morgan fingerprint density at radius 3 is 2.42 bits per heavy atom. The standard InChI is InChI=1S/C18H18N2O4/c21-16-3-1-2-8-20(16)11-13-6-4-12(5-7-13)10-19-17(22)14-9-15(14)18(23)24/h1-8,14-15H,9-11H2,(H,19,22)(H,23,24)/t14-,15-/m0/s1. The second-order valence-electron chi connectivity index (χ2n) is 5.99. The molecular formula is C18H18N2O4. The van der Waals surface area contributed by atoms with Gasteiger partial charge in [0.2, 0.25) is 5.91 Å². The second kappa shape index (κ2) is 6.70. The minimum Gasteiger partial charge on any atom is -0.481 e. The number of carboxylic acid groups (broad SMARTS) is 1. The van der Waals surface area contributed by atoms with Gasteiger partial charge in [-0.25, -0.2) is 0 Å². The molecule has 0 saturated heterocycles. The first kappa shape index (κ1) is 16.0. The molecule has 124 valence electrons. The third-order valence-corrected chi connectivity index (χ3v) is 4.19. The highest BCUT2D eigenvalue weighted by atomic mass is 16.4. The number of hydrogen-bond donors (Lipinski definition) is 2. The van der Waals surface area contributed by atoms with Gasteiger partial charge in [-0.3, -0.25) is 14.4 Å². The highest BCUT2D eigenvalue weighted by Crippen LogP contribution is 2.38. The lowest BCUT2D eigenvalue weighted by Gasteiger charge is -2.08. The molecule has 1 aliphatic carbocycles. The lowest BCUT2D eigenvalue weighted by molar-refractivity contribution is -0.140. The Morgan fingerprint density at radius 1 is 1.08 bits per heavy atom. The Labute approximate surface area is 138 Å². The summed E-state index contributed by atoms with van der Waals surface area (Å²) in [5.74, 6) is -2.04. The Hall–Kier alpha value is -2.89. The molecule has 1 saturated carbocycles. The summed E-state index contributed by atoms with van der Waals surface area (Å²) >= 11 is 0. The predicted octanol–water partition coefficient (Wildman–Crippen LogP) is 1.23. The number of carbonyl (C=O) groups excluding carboxylic acids is 1. The van der Waals surface area contributed by atoms with E-state index in [1.165, 1.54) is 6.07 Å². The second-order valence-corrected chi connectivity index (χ2v) is 5.99. The number of carboxylic acids is 1. The van der Waals surface area contributed by atoms with Crippen LogP contribution in [0, 0.1) is 11.8 Å². The Kier molecular flexibility index (Phi) is 4.46. The van der Waals surface area contributed by atoms with Gasteiger partial charge in [-0.05, 0) is 23.6 Å². The van der Waals surface area contributed by atoms with Crippen molar-refractivity contribution in [2.45, 2.75) is 19.5 Å². The van der Waals surface area contributed by atoms with Crippen molar-refractivity contribution in [1.82, 2.24) is 9.88 Å². The molecule has 6 heteroatoms. The first-order valence-electron chi connectivity index (χ1n) is 7.78. The van der Waals surface area contributed by atoms with Crippen LogP contribution in [-0.2, 0) is 22.7 Å². The molecule has 0 unspecified atom stereocenters. The number of amides is 1. The van der Waals surface area contributed by atoms with Gasteiger partial charge in [0.05, 0.1) is 18.4 Å². The fourth-order valence-corrected chi connectivity index (χ4v) is 2.63. The first-order valence-corrected chi connectivity index (χ1v) is 7.78. The number of pyridine rings is 1. The van der Waals surface area contributed by atoms with Crippen molar-refractivity contribution >= 4 is 11.9 Å². The largest absolute Gasteiger partial charge is 0.481 e. The highest BCUT2D eigenvalue weighted by molar-refractivity contribution is 5.89. The van der Waals surface area contributed by atoms with Crippen LogP contribution in [0.3, 0.4) is 0 Å². The SMILES string of the molecule is O=C(O)[C@H]1C[C@@H]1C(=O)NCc1ccc(Cn2ccccc2=O)cc1. The van der Waals surface area contributed by atoms with Gasteiger partial charge in [-0.2, -0.15) is 0 Å². The predicted molar refractivity (Wildman–Crippen MR) is 87.3 cm³/mol. The van der Waals surface area contributed by atoms with Crippen molar-refractivity contribution < 1.29 is 14.7 Å². The minimum absolute atomic E-state index is 0.0498. The van der Waals surface area contributed by atoms with Gasteiger partial charge in [0.25, 0.3) is 5.56 Å². The van der Waals surface area contributed by atoms with Crippen LogP contribution in [0.25, 0.3) is 0 Å². The molecule has 2 N–H and O–H groups in total. The molecule has 0 spiro atoms. The van der Waals surface area contributed by atoms with Gasteiger partial charge in [0, 0.05) is 18.8 Å². The minimum atomic E-state index is -0.907. The molecule has 1 amide bonds. The summed E-state index contributed by atoms with van der Waals surface area (Å²) in [5.41, 5.74) is 1.87. The smallest absolute Gasteiger partial charge is 0.307 e. The van der Waals surface area contributed by atoms with Crippen LogP contribution < -0.4 is 10.9 Å². The third-order valence-electron chi connectivity index (χ3n) is 4.19. The molecule has 0 bridgehead atoms. The van der Waals surface area contributed by atoms with E-state index < -0.39 is 17.8 Å². The van der Waals surface area contributed by atoms with E-state index in [4.69, 9.17) is 5.11 Å². The maximum atomic E-state index is 11.8. The highest BCUT2D eigenvalue weighted by Gasteiger charge is 2.48. The van der Waals surface area contributed by atoms with E-state index in [0.29, 0.717) is 19.5 Å². The number of aliphatic carboxylic acids is 1. The fourth-order valence-electron chi connectivity index (χ4n) is 2.63. The number of hydrogen-bond acceptors (Lipinski definition) is 3. The van der Waals surface area contributed by atoms with E-state index in [1.807, 2.05) is 30.3 Å². The van der Waals surface area contributed by atoms with Crippen LogP contribution in [0.1, 0.15) is 17.5 Å². The van der Waals surface area contributed by atoms with Gasteiger partial charge in [-0.1, -0.05) is 30.3 Å². The number of rotatable bonds is 6. The Morgan fingerprint density at radius 2 is 1.79 bits per heavy atom. The molecule has 0 radical (unpaired) electrons. The molecule has 24 heavy (non-hydrogen) atoms. The molecule has 3 rings (SSSR count). The number of benzene rings is 1. The summed E-state index contributed by atoms with van der Waals surface area (Å²) in [4.78, 5) is 34.3. The van der Waals surface area contributed by atoms with Crippen LogP contribution in [-0.4, -0.2) is 21.6 Å². The molecule has 1 aromatic carbocycles. The van der Waals surface area contributed by atoms with Gasteiger partial charge in [-0.15, -0.1) is 0 Å². The third kappa shape index (κ3) is 3.71. The van der Waals surface area contributed by atoms with Crippen molar-refractivity contribution in [3.05, 3.63) is 70.1 Å². The average molecular weight is 326 g/mol. The van der Waals surface area contributed by atoms with Crippen LogP contribution in [0.4, 0.5) is 0 Å². The van der Waals surface area contributed by atoms with Gasteiger partial charge in [0.15, 0.2) is 0 Å². The van der Waals surface area contributed by atoms with Gasteiger partial charge < -0.3 is 15.0 Å². The molecule has 1 fully saturated rings. The maximum absolute atomic E-state index is 11.8. The fraction of sp³-hybridized carbons (Fsp3) is 0.278. The van der Waals surface area contributed by atoms with Crippen LogP contribution >= 0.6 is 0 Å².